The predicted molar refractivity (Wildman–Crippen MR) is 81.5 cm³/mol. The average molecular weight is 336 g/mol. The Balaban J connectivity index is 1.70. The number of hydrogen-bond acceptors (Lipinski definition) is 5. The molecule has 0 radical (unpaired) electrons. The maximum atomic E-state index is 11.9. The maximum absolute atomic E-state index is 11.9. The first-order valence-corrected chi connectivity index (χ1v) is 7.91. The highest BCUT2D eigenvalue weighted by molar-refractivity contribution is 7.85. The number of nitrogens with one attached hydrogen (secondary N) is 2. The van der Waals surface area contributed by atoms with Crippen LogP contribution in [0, 0.1) is 0 Å². The van der Waals surface area contributed by atoms with Crippen LogP contribution in [0.2, 0.25) is 0 Å². The molecule has 3 rings (SSSR count). The third kappa shape index (κ3) is 3.52. The minimum Gasteiger partial charge on any atom is -0.454 e. The van der Waals surface area contributed by atoms with Gasteiger partial charge in [-0.15, -0.1) is 0 Å². The number of fused-ring (bicyclic) bond motifs is 1. The van der Waals surface area contributed by atoms with E-state index in [1.165, 1.54) is 18.2 Å². The number of amides is 2. The molecule has 0 saturated heterocycles. The van der Waals surface area contributed by atoms with Crippen molar-refractivity contribution in [1.82, 2.24) is 0 Å². The number of anilines is 2. The van der Waals surface area contributed by atoms with Crippen molar-refractivity contribution < 1.29 is 27.2 Å². The summed E-state index contributed by atoms with van der Waals surface area (Å²) in [5.74, 6) is 1.12. The predicted octanol–water partition coefficient (Wildman–Crippen LogP) is 2.31. The topological polar surface area (TPSA) is 114 Å². The van der Waals surface area contributed by atoms with Gasteiger partial charge < -0.3 is 20.1 Å². The molecule has 0 unspecified atom stereocenters. The van der Waals surface area contributed by atoms with Crippen molar-refractivity contribution >= 4 is 27.5 Å². The van der Waals surface area contributed by atoms with Gasteiger partial charge in [-0.3, -0.25) is 4.55 Å². The minimum absolute atomic E-state index is 0.132. The van der Waals surface area contributed by atoms with Crippen molar-refractivity contribution in [2.45, 2.75) is 4.90 Å². The largest absolute Gasteiger partial charge is 0.454 e. The third-order valence-corrected chi connectivity index (χ3v) is 3.87. The molecule has 0 aliphatic carbocycles. The summed E-state index contributed by atoms with van der Waals surface area (Å²) in [5, 5.41) is 5.05. The van der Waals surface area contributed by atoms with Gasteiger partial charge in [0, 0.05) is 17.4 Å². The van der Waals surface area contributed by atoms with Gasteiger partial charge in [-0.25, -0.2) is 4.79 Å². The van der Waals surface area contributed by atoms with Crippen molar-refractivity contribution in [3.63, 3.8) is 0 Å². The summed E-state index contributed by atoms with van der Waals surface area (Å²) in [6.07, 6.45) is 0. The first-order valence-electron chi connectivity index (χ1n) is 6.47. The fraction of sp³-hybridized carbons (Fsp3) is 0.0714. The number of ether oxygens (including phenoxy) is 2. The first kappa shape index (κ1) is 15.1. The van der Waals surface area contributed by atoms with E-state index in [0.717, 1.165) is 6.07 Å². The lowest BCUT2D eigenvalue weighted by molar-refractivity contribution is 0.174. The van der Waals surface area contributed by atoms with Crippen molar-refractivity contribution in [3.05, 3.63) is 42.5 Å². The number of benzene rings is 2. The molecule has 0 aromatic heterocycles. The lowest BCUT2D eigenvalue weighted by Gasteiger charge is -2.09. The molecule has 2 aromatic rings. The Kier molecular flexibility index (Phi) is 3.80. The lowest BCUT2D eigenvalue weighted by Crippen LogP contribution is -2.19. The van der Waals surface area contributed by atoms with Gasteiger partial charge in [0.1, 0.15) is 0 Å². The van der Waals surface area contributed by atoms with Gasteiger partial charge in [-0.05, 0) is 30.3 Å². The lowest BCUT2D eigenvalue weighted by atomic mass is 10.3. The molecule has 0 saturated carbocycles. The van der Waals surface area contributed by atoms with Crippen molar-refractivity contribution in [2.24, 2.45) is 0 Å². The van der Waals surface area contributed by atoms with Crippen molar-refractivity contribution in [2.75, 3.05) is 17.4 Å². The van der Waals surface area contributed by atoms with Gasteiger partial charge >= 0.3 is 6.03 Å². The van der Waals surface area contributed by atoms with E-state index in [-0.39, 0.29) is 17.4 Å². The average Bonchev–Trinajstić information content (AvgIpc) is 2.94. The number of rotatable bonds is 3. The van der Waals surface area contributed by atoms with Gasteiger partial charge in [-0.2, -0.15) is 8.42 Å². The normalized spacial score (nSPS) is 12.7. The van der Waals surface area contributed by atoms with Crippen molar-refractivity contribution in [1.29, 1.82) is 0 Å². The number of carbonyl (C=O) groups excluding carboxylic acids is 1. The molecule has 2 aromatic carbocycles. The van der Waals surface area contributed by atoms with E-state index < -0.39 is 16.1 Å². The SMILES string of the molecule is O=C(Nc1cccc(S(=O)(=O)O)c1)Nc1ccc2c(c1)OCO2. The molecule has 0 bridgehead atoms. The molecule has 0 atom stereocenters. The van der Waals surface area contributed by atoms with Crippen LogP contribution in [0.15, 0.2) is 47.4 Å². The van der Waals surface area contributed by atoms with Crippen LogP contribution in [0.1, 0.15) is 0 Å². The smallest absolute Gasteiger partial charge is 0.323 e. The Labute approximate surface area is 131 Å². The van der Waals surface area contributed by atoms with Crippen LogP contribution in [0.25, 0.3) is 0 Å². The molecule has 2 amide bonds. The molecule has 1 aliphatic heterocycles. The highest BCUT2D eigenvalue weighted by atomic mass is 32.2. The van der Waals surface area contributed by atoms with Crippen LogP contribution in [0.5, 0.6) is 11.5 Å². The number of hydrogen-bond donors (Lipinski definition) is 3. The molecule has 0 fully saturated rings. The van der Waals surface area contributed by atoms with Crippen LogP contribution in [0.3, 0.4) is 0 Å². The van der Waals surface area contributed by atoms with E-state index in [1.807, 2.05) is 0 Å². The summed E-state index contributed by atoms with van der Waals surface area (Å²) in [4.78, 5) is 11.6. The summed E-state index contributed by atoms with van der Waals surface area (Å²) in [6, 6.07) is 9.60. The summed E-state index contributed by atoms with van der Waals surface area (Å²) in [5.41, 5.74) is 0.705. The van der Waals surface area contributed by atoms with Gasteiger partial charge in [-0.1, -0.05) is 6.07 Å². The van der Waals surface area contributed by atoms with E-state index in [0.29, 0.717) is 17.2 Å². The summed E-state index contributed by atoms with van der Waals surface area (Å²) in [6.45, 7) is 0.132. The molecule has 8 nitrogen and oxygen atoms in total. The van der Waals surface area contributed by atoms with Crippen LogP contribution in [-0.4, -0.2) is 25.8 Å². The first-order chi connectivity index (χ1) is 10.9. The number of urea groups is 1. The van der Waals surface area contributed by atoms with Crippen LogP contribution >= 0.6 is 0 Å². The second kappa shape index (κ2) is 5.78. The van der Waals surface area contributed by atoms with E-state index in [1.54, 1.807) is 18.2 Å². The molecule has 9 heteroatoms. The third-order valence-electron chi connectivity index (χ3n) is 3.02. The van der Waals surface area contributed by atoms with E-state index >= 15 is 0 Å². The summed E-state index contributed by atoms with van der Waals surface area (Å²) >= 11 is 0. The molecule has 1 aliphatic rings. The zero-order valence-electron chi connectivity index (χ0n) is 11.6. The second-order valence-corrected chi connectivity index (χ2v) is 6.07. The monoisotopic (exact) mass is 336 g/mol. The Hall–Kier alpha value is -2.78. The highest BCUT2D eigenvalue weighted by Crippen LogP contribution is 2.34. The van der Waals surface area contributed by atoms with Crippen LogP contribution < -0.4 is 20.1 Å². The van der Waals surface area contributed by atoms with Crippen LogP contribution in [0.4, 0.5) is 16.2 Å². The Morgan fingerprint density at radius 2 is 1.70 bits per heavy atom. The van der Waals surface area contributed by atoms with Crippen LogP contribution in [-0.2, 0) is 10.1 Å². The van der Waals surface area contributed by atoms with Gasteiger partial charge in [0.05, 0.1) is 4.90 Å². The van der Waals surface area contributed by atoms with E-state index in [9.17, 15) is 13.2 Å². The van der Waals surface area contributed by atoms with Crippen molar-refractivity contribution in [3.8, 4) is 11.5 Å². The molecular weight excluding hydrogens is 324 g/mol. The van der Waals surface area contributed by atoms with Gasteiger partial charge in [0.15, 0.2) is 11.5 Å². The quantitative estimate of drug-likeness (QED) is 0.741. The summed E-state index contributed by atoms with van der Waals surface area (Å²) < 4.78 is 41.5. The molecule has 3 N–H and O–H groups in total. The van der Waals surface area contributed by atoms with E-state index in [4.69, 9.17) is 14.0 Å². The Morgan fingerprint density at radius 1 is 1.00 bits per heavy atom. The molecule has 120 valence electrons. The number of carbonyl (C=O) groups is 1. The zero-order valence-corrected chi connectivity index (χ0v) is 12.5. The second-order valence-electron chi connectivity index (χ2n) is 4.65. The standard InChI is InChI=1S/C14H12N2O6S/c17-14(15-9-2-1-3-11(6-9)23(18,19)20)16-10-4-5-12-13(7-10)22-8-21-12/h1-7H,8H2,(H2,15,16,17)(H,18,19,20). The Bertz CT molecular complexity index is 865. The summed E-state index contributed by atoms with van der Waals surface area (Å²) in [7, 11) is -4.33. The molecule has 0 spiro atoms. The van der Waals surface area contributed by atoms with Gasteiger partial charge in [0.2, 0.25) is 6.79 Å². The zero-order chi connectivity index (χ0) is 16.4. The highest BCUT2D eigenvalue weighted by Gasteiger charge is 2.14. The minimum atomic E-state index is -4.33. The fourth-order valence-corrected chi connectivity index (χ4v) is 2.53. The molecule has 1 heterocycles. The fourth-order valence-electron chi connectivity index (χ4n) is 2.00. The van der Waals surface area contributed by atoms with Gasteiger partial charge in [0.25, 0.3) is 10.1 Å². The molecular formula is C14H12N2O6S. The maximum Gasteiger partial charge on any atom is 0.323 e. The Morgan fingerprint density at radius 3 is 2.43 bits per heavy atom. The van der Waals surface area contributed by atoms with E-state index in [2.05, 4.69) is 10.6 Å². The molecule has 23 heavy (non-hydrogen) atoms.